The van der Waals surface area contributed by atoms with Crippen LogP contribution < -0.4 is 5.32 Å². The molecule has 1 heteroatoms. The second-order valence-corrected chi connectivity index (χ2v) is 6.86. The van der Waals surface area contributed by atoms with E-state index in [1.54, 1.807) is 5.56 Å². The Bertz CT molecular complexity index is 414. The molecular formula is C17H25N. The first-order chi connectivity index (χ1) is 8.62. The monoisotopic (exact) mass is 243 g/mol. The zero-order valence-corrected chi connectivity index (χ0v) is 11.9. The molecule has 2 aliphatic rings. The van der Waals surface area contributed by atoms with E-state index in [9.17, 15) is 0 Å². The summed E-state index contributed by atoms with van der Waals surface area (Å²) in [5.74, 6) is 1.65. The van der Waals surface area contributed by atoms with Crippen LogP contribution in [-0.2, 0) is 0 Å². The van der Waals surface area contributed by atoms with Gasteiger partial charge in [-0.1, -0.05) is 44.5 Å². The molecule has 2 saturated carbocycles. The van der Waals surface area contributed by atoms with E-state index in [4.69, 9.17) is 0 Å². The molecule has 0 aliphatic heterocycles. The third kappa shape index (κ3) is 2.09. The van der Waals surface area contributed by atoms with Crippen LogP contribution in [0, 0.1) is 11.3 Å². The van der Waals surface area contributed by atoms with Gasteiger partial charge >= 0.3 is 0 Å². The van der Waals surface area contributed by atoms with Crippen molar-refractivity contribution in [2.45, 2.75) is 51.5 Å². The van der Waals surface area contributed by atoms with E-state index >= 15 is 0 Å². The van der Waals surface area contributed by atoms with E-state index in [-0.39, 0.29) is 0 Å². The summed E-state index contributed by atoms with van der Waals surface area (Å²) in [5.41, 5.74) is 3.55. The molecule has 3 rings (SSSR count). The number of nitrogens with one attached hydrogen (secondary N) is 1. The van der Waals surface area contributed by atoms with Crippen molar-refractivity contribution in [2.75, 3.05) is 7.05 Å². The highest BCUT2D eigenvalue weighted by Gasteiger charge is 2.49. The molecule has 0 bridgehead atoms. The van der Waals surface area contributed by atoms with Crippen molar-refractivity contribution < 1.29 is 0 Å². The lowest BCUT2D eigenvalue weighted by Gasteiger charge is -2.26. The van der Waals surface area contributed by atoms with Gasteiger partial charge in [-0.3, -0.25) is 0 Å². The molecule has 0 spiro atoms. The SMILES string of the molecule is CNC(c1ccc(C2CCC2)cc1)C1CC1(C)C. The highest BCUT2D eigenvalue weighted by molar-refractivity contribution is 5.30. The van der Waals surface area contributed by atoms with Gasteiger partial charge in [-0.25, -0.2) is 0 Å². The van der Waals surface area contributed by atoms with Crippen LogP contribution >= 0.6 is 0 Å². The van der Waals surface area contributed by atoms with Crippen LogP contribution in [-0.4, -0.2) is 7.05 Å². The molecule has 2 aliphatic carbocycles. The summed E-state index contributed by atoms with van der Waals surface area (Å²) >= 11 is 0. The van der Waals surface area contributed by atoms with E-state index in [1.165, 1.54) is 31.2 Å². The lowest BCUT2D eigenvalue weighted by Crippen LogP contribution is -2.20. The molecule has 18 heavy (non-hydrogen) atoms. The summed E-state index contributed by atoms with van der Waals surface area (Å²) < 4.78 is 0. The fraction of sp³-hybridized carbons (Fsp3) is 0.647. The van der Waals surface area contributed by atoms with Crippen molar-refractivity contribution in [3.8, 4) is 0 Å². The molecule has 1 aromatic rings. The standard InChI is InChI=1S/C17H25N/c1-17(2)11-15(17)16(18-3)14-9-7-13(8-10-14)12-5-4-6-12/h7-10,12,15-16,18H,4-6,11H2,1-3H3. The first kappa shape index (κ1) is 12.2. The molecule has 0 amide bonds. The zero-order chi connectivity index (χ0) is 12.8. The van der Waals surface area contributed by atoms with Gasteiger partial charge in [0.2, 0.25) is 0 Å². The van der Waals surface area contributed by atoms with E-state index in [1.807, 2.05) is 0 Å². The van der Waals surface area contributed by atoms with Crippen LogP contribution in [0.5, 0.6) is 0 Å². The summed E-state index contributed by atoms with van der Waals surface area (Å²) in [6.45, 7) is 4.76. The molecule has 98 valence electrons. The third-order valence-corrected chi connectivity index (χ3v) is 5.18. The highest BCUT2D eigenvalue weighted by atomic mass is 14.9. The lowest BCUT2D eigenvalue weighted by atomic mass is 9.79. The van der Waals surface area contributed by atoms with Gasteiger partial charge in [-0.05, 0) is 54.7 Å². The van der Waals surface area contributed by atoms with Crippen LogP contribution in [0.2, 0.25) is 0 Å². The maximum atomic E-state index is 3.51. The van der Waals surface area contributed by atoms with Crippen molar-refractivity contribution >= 4 is 0 Å². The minimum atomic E-state index is 0.528. The van der Waals surface area contributed by atoms with Gasteiger partial charge in [0.1, 0.15) is 0 Å². The van der Waals surface area contributed by atoms with Crippen LogP contribution in [0.1, 0.15) is 62.6 Å². The summed E-state index contributed by atoms with van der Waals surface area (Å²) in [5, 5.41) is 3.51. The maximum absolute atomic E-state index is 3.51. The minimum absolute atomic E-state index is 0.528. The van der Waals surface area contributed by atoms with Gasteiger partial charge in [0.15, 0.2) is 0 Å². The second kappa shape index (κ2) is 4.38. The van der Waals surface area contributed by atoms with Crippen LogP contribution in [0.15, 0.2) is 24.3 Å². The van der Waals surface area contributed by atoms with Crippen LogP contribution in [0.3, 0.4) is 0 Å². The van der Waals surface area contributed by atoms with Gasteiger partial charge < -0.3 is 5.32 Å². The second-order valence-electron chi connectivity index (χ2n) is 6.86. The molecule has 1 nitrogen and oxygen atoms in total. The largest absolute Gasteiger partial charge is 0.313 e. The summed E-state index contributed by atoms with van der Waals surface area (Å²) in [6.07, 6.45) is 5.56. The molecule has 2 atom stereocenters. The normalized spacial score (nSPS) is 27.6. The van der Waals surface area contributed by atoms with E-state index < -0.39 is 0 Å². The molecule has 0 radical (unpaired) electrons. The first-order valence-corrected chi connectivity index (χ1v) is 7.39. The van der Waals surface area contributed by atoms with Crippen molar-refractivity contribution in [1.82, 2.24) is 5.32 Å². The molecule has 2 unspecified atom stereocenters. The van der Waals surface area contributed by atoms with Crippen LogP contribution in [0.4, 0.5) is 0 Å². The average molecular weight is 243 g/mol. The van der Waals surface area contributed by atoms with Crippen molar-refractivity contribution in [2.24, 2.45) is 11.3 Å². The number of hydrogen-bond donors (Lipinski definition) is 1. The Morgan fingerprint density at radius 1 is 1.17 bits per heavy atom. The number of benzene rings is 1. The fourth-order valence-electron chi connectivity index (χ4n) is 3.39. The van der Waals surface area contributed by atoms with Gasteiger partial charge in [0.25, 0.3) is 0 Å². The lowest BCUT2D eigenvalue weighted by molar-refractivity contribution is 0.418. The van der Waals surface area contributed by atoms with Gasteiger partial charge in [0, 0.05) is 6.04 Å². The Hall–Kier alpha value is -0.820. The number of hydrogen-bond acceptors (Lipinski definition) is 1. The van der Waals surface area contributed by atoms with E-state index in [2.05, 4.69) is 50.5 Å². The van der Waals surface area contributed by atoms with Crippen LogP contribution in [0.25, 0.3) is 0 Å². The Labute approximate surface area is 111 Å². The zero-order valence-electron chi connectivity index (χ0n) is 11.9. The highest BCUT2D eigenvalue weighted by Crippen LogP contribution is 2.57. The fourth-order valence-corrected chi connectivity index (χ4v) is 3.39. The third-order valence-electron chi connectivity index (χ3n) is 5.18. The molecule has 0 saturated heterocycles. The summed E-state index contributed by atoms with van der Waals surface area (Å²) in [7, 11) is 2.10. The first-order valence-electron chi connectivity index (χ1n) is 7.39. The van der Waals surface area contributed by atoms with Gasteiger partial charge in [0.05, 0.1) is 0 Å². The summed E-state index contributed by atoms with van der Waals surface area (Å²) in [4.78, 5) is 0. The van der Waals surface area contributed by atoms with Gasteiger partial charge in [-0.2, -0.15) is 0 Å². The predicted molar refractivity (Wildman–Crippen MR) is 76.7 cm³/mol. The molecule has 0 aromatic heterocycles. The number of rotatable bonds is 4. The Balaban J connectivity index is 1.74. The quantitative estimate of drug-likeness (QED) is 0.833. The Morgan fingerprint density at radius 3 is 2.17 bits per heavy atom. The predicted octanol–water partition coefficient (Wildman–Crippen LogP) is 4.26. The molecule has 0 heterocycles. The maximum Gasteiger partial charge on any atom is 0.0351 e. The molecule has 2 fully saturated rings. The van der Waals surface area contributed by atoms with Crippen molar-refractivity contribution in [3.05, 3.63) is 35.4 Å². The molecule has 1 aromatic carbocycles. The molecule has 1 N–H and O–H groups in total. The van der Waals surface area contributed by atoms with E-state index in [0.29, 0.717) is 11.5 Å². The summed E-state index contributed by atoms with van der Waals surface area (Å²) in [6, 6.07) is 9.96. The smallest absolute Gasteiger partial charge is 0.0351 e. The topological polar surface area (TPSA) is 12.0 Å². The van der Waals surface area contributed by atoms with Crippen molar-refractivity contribution in [1.29, 1.82) is 0 Å². The Morgan fingerprint density at radius 2 is 1.78 bits per heavy atom. The minimum Gasteiger partial charge on any atom is -0.313 e. The Kier molecular flexibility index (Phi) is 2.97. The van der Waals surface area contributed by atoms with Gasteiger partial charge in [-0.15, -0.1) is 0 Å². The van der Waals surface area contributed by atoms with E-state index in [0.717, 1.165) is 11.8 Å². The average Bonchev–Trinajstić information content (AvgIpc) is 2.89. The van der Waals surface area contributed by atoms with Crippen molar-refractivity contribution in [3.63, 3.8) is 0 Å². The molecular weight excluding hydrogens is 218 g/mol.